The van der Waals surface area contributed by atoms with Crippen molar-refractivity contribution in [2.24, 2.45) is 0 Å². The lowest BCUT2D eigenvalue weighted by atomic mass is 10.2. The van der Waals surface area contributed by atoms with Crippen LogP contribution in [0.5, 0.6) is 0 Å². The number of nitrogen functional groups attached to an aromatic ring is 1. The predicted octanol–water partition coefficient (Wildman–Crippen LogP) is 4.27. The summed E-state index contributed by atoms with van der Waals surface area (Å²) in [5.74, 6) is 3.03. The van der Waals surface area contributed by atoms with Crippen LogP contribution >= 0.6 is 23.4 Å². The number of imidazole rings is 1. The number of hydrogen-bond donors (Lipinski definition) is 2. The molecule has 0 spiro atoms. The van der Waals surface area contributed by atoms with Crippen molar-refractivity contribution in [1.82, 2.24) is 9.97 Å². The zero-order valence-electron chi connectivity index (χ0n) is 11.5. The molecule has 21 heavy (non-hydrogen) atoms. The molecule has 0 bridgehead atoms. The average Bonchev–Trinajstić information content (AvgIpc) is 2.87. The second-order valence-corrected chi connectivity index (χ2v) is 6.43. The Balaban J connectivity index is 1.53. The highest BCUT2D eigenvalue weighted by Gasteiger charge is 2.03. The Morgan fingerprint density at radius 2 is 1.95 bits per heavy atom. The number of nitrogens with zero attached hydrogens (tertiary/aromatic N) is 1. The van der Waals surface area contributed by atoms with E-state index in [9.17, 15) is 0 Å². The molecular weight excluding hydrogens is 302 g/mol. The van der Waals surface area contributed by atoms with Gasteiger partial charge in [0.1, 0.15) is 5.82 Å². The molecule has 1 heterocycles. The van der Waals surface area contributed by atoms with E-state index < -0.39 is 0 Å². The third kappa shape index (κ3) is 3.71. The highest BCUT2D eigenvalue weighted by Crippen LogP contribution is 2.18. The molecule has 0 saturated carbocycles. The van der Waals surface area contributed by atoms with Crippen LogP contribution in [0.1, 0.15) is 11.4 Å². The molecule has 0 aliphatic heterocycles. The van der Waals surface area contributed by atoms with Gasteiger partial charge in [0, 0.05) is 28.6 Å². The number of aromatic nitrogens is 2. The summed E-state index contributed by atoms with van der Waals surface area (Å²) < 4.78 is 0. The Hall–Kier alpha value is -1.65. The maximum atomic E-state index is 5.87. The van der Waals surface area contributed by atoms with Crippen LogP contribution in [-0.2, 0) is 12.2 Å². The minimum Gasteiger partial charge on any atom is -0.399 e. The third-order valence-corrected chi connectivity index (χ3v) is 4.50. The summed E-state index contributed by atoms with van der Waals surface area (Å²) in [5, 5.41) is 0.783. The quantitative estimate of drug-likeness (QED) is 0.545. The van der Waals surface area contributed by atoms with E-state index in [0.717, 1.165) is 45.5 Å². The van der Waals surface area contributed by atoms with Crippen molar-refractivity contribution in [3.63, 3.8) is 0 Å². The van der Waals surface area contributed by atoms with E-state index in [1.807, 2.05) is 42.1 Å². The van der Waals surface area contributed by atoms with Crippen LogP contribution in [0.3, 0.4) is 0 Å². The van der Waals surface area contributed by atoms with Gasteiger partial charge in [-0.2, -0.15) is 11.8 Å². The number of thioether (sulfide) groups is 1. The molecule has 3 rings (SSSR count). The number of anilines is 1. The van der Waals surface area contributed by atoms with Gasteiger partial charge in [-0.05, 0) is 35.9 Å². The molecule has 0 aliphatic rings. The summed E-state index contributed by atoms with van der Waals surface area (Å²) in [7, 11) is 0. The average molecular weight is 318 g/mol. The molecule has 3 nitrogen and oxygen atoms in total. The van der Waals surface area contributed by atoms with E-state index in [1.54, 1.807) is 0 Å². The first-order valence-corrected chi connectivity index (χ1v) is 8.30. The first-order chi connectivity index (χ1) is 10.2. The van der Waals surface area contributed by atoms with Crippen molar-refractivity contribution in [2.45, 2.75) is 12.2 Å². The van der Waals surface area contributed by atoms with E-state index in [-0.39, 0.29) is 0 Å². The SMILES string of the molecule is Nc1ccc2nc(CCSCc3ccc(Cl)cc3)[nH]c2c1. The van der Waals surface area contributed by atoms with Crippen molar-refractivity contribution in [1.29, 1.82) is 0 Å². The van der Waals surface area contributed by atoms with Gasteiger partial charge < -0.3 is 10.7 Å². The van der Waals surface area contributed by atoms with Crippen molar-refractivity contribution in [3.05, 3.63) is 58.9 Å². The molecule has 3 aromatic rings. The van der Waals surface area contributed by atoms with E-state index in [1.165, 1.54) is 5.56 Å². The number of rotatable bonds is 5. The molecule has 0 amide bonds. The van der Waals surface area contributed by atoms with Gasteiger partial charge in [-0.3, -0.25) is 0 Å². The van der Waals surface area contributed by atoms with E-state index in [0.29, 0.717) is 0 Å². The third-order valence-electron chi connectivity index (χ3n) is 3.22. The van der Waals surface area contributed by atoms with Gasteiger partial charge in [0.25, 0.3) is 0 Å². The summed E-state index contributed by atoms with van der Waals surface area (Å²) in [6.07, 6.45) is 0.923. The summed E-state index contributed by atoms with van der Waals surface area (Å²) in [6, 6.07) is 13.8. The highest BCUT2D eigenvalue weighted by molar-refractivity contribution is 7.98. The molecule has 0 saturated heterocycles. The van der Waals surface area contributed by atoms with E-state index >= 15 is 0 Å². The van der Waals surface area contributed by atoms with Gasteiger partial charge >= 0.3 is 0 Å². The van der Waals surface area contributed by atoms with Crippen LogP contribution in [0.2, 0.25) is 5.02 Å². The van der Waals surface area contributed by atoms with Gasteiger partial charge in [-0.1, -0.05) is 23.7 Å². The standard InChI is InChI=1S/C16H16ClN3S/c17-12-3-1-11(2-4-12)10-21-8-7-16-19-14-6-5-13(18)9-15(14)20-16/h1-6,9H,7-8,10,18H2,(H,19,20). The smallest absolute Gasteiger partial charge is 0.108 e. The van der Waals surface area contributed by atoms with Crippen molar-refractivity contribution < 1.29 is 0 Å². The fourth-order valence-corrected chi connectivity index (χ4v) is 3.17. The van der Waals surface area contributed by atoms with Gasteiger partial charge in [0.05, 0.1) is 11.0 Å². The van der Waals surface area contributed by atoms with Crippen LogP contribution in [-0.4, -0.2) is 15.7 Å². The number of H-pyrrole nitrogens is 1. The summed E-state index contributed by atoms with van der Waals surface area (Å²) >= 11 is 7.77. The Kier molecular flexibility index (Phi) is 4.36. The molecule has 2 aromatic carbocycles. The lowest BCUT2D eigenvalue weighted by Gasteiger charge is -2.01. The highest BCUT2D eigenvalue weighted by atomic mass is 35.5. The van der Waals surface area contributed by atoms with Crippen LogP contribution in [0.25, 0.3) is 11.0 Å². The zero-order chi connectivity index (χ0) is 14.7. The first kappa shape index (κ1) is 14.3. The van der Waals surface area contributed by atoms with E-state index in [2.05, 4.69) is 22.1 Å². The zero-order valence-corrected chi connectivity index (χ0v) is 13.0. The monoisotopic (exact) mass is 317 g/mol. The Bertz CT molecular complexity index is 737. The fourth-order valence-electron chi connectivity index (χ4n) is 2.14. The molecule has 0 fully saturated rings. The Morgan fingerprint density at radius 3 is 2.76 bits per heavy atom. The van der Waals surface area contributed by atoms with Crippen molar-refractivity contribution in [2.75, 3.05) is 11.5 Å². The summed E-state index contributed by atoms with van der Waals surface area (Å²) in [6.45, 7) is 0. The van der Waals surface area contributed by atoms with Crippen LogP contribution in [0, 0.1) is 0 Å². The second kappa shape index (κ2) is 6.41. The number of aryl methyl sites for hydroxylation is 1. The number of nitrogens with one attached hydrogen (secondary N) is 1. The molecule has 0 aliphatic carbocycles. The number of hydrogen-bond acceptors (Lipinski definition) is 3. The largest absolute Gasteiger partial charge is 0.399 e. The van der Waals surface area contributed by atoms with Gasteiger partial charge in [-0.15, -0.1) is 0 Å². The van der Waals surface area contributed by atoms with Crippen LogP contribution in [0.4, 0.5) is 5.69 Å². The van der Waals surface area contributed by atoms with Crippen molar-refractivity contribution in [3.8, 4) is 0 Å². The van der Waals surface area contributed by atoms with Crippen LogP contribution < -0.4 is 5.73 Å². The molecule has 0 atom stereocenters. The maximum Gasteiger partial charge on any atom is 0.108 e. The number of fused-ring (bicyclic) bond motifs is 1. The summed E-state index contributed by atoms with van der Waals surface area (Å²) in [5.41, 5.74) is 9.80. The molecule has 1 aromatic heterocycles. The lowest BCUT2D eigenvalue weighted by molar-refractivity contribution is 1.01. The van der Waals surface area contributed by atoms with Gasteiger partial charge in [-0.25, -0.2) is 4.98 Å². The number of benzene rings is 2. The number of halogens is 1. The van der Waals surface area contributed by atoms with Gasteiger partial charge in [0.2, 0.25) is 0 Å². The molecular formula is C16H16ClN3S. The second-order valence-electron chi connectivity index (χ2n) is 4.89. The maximum absolute atomic E-state index is 5.87. The number of aromatic amines is 1. The molecule has 108 valence electrons. The molecule has 0 radical (unpaired) electrons. The first-order valence-electron chi connectivity index (χ1n) is 6.77. The summed E-state index contributed by atoms with van der Waals surface area (Å²) in [4.78, 5) is 7.89. The molecule has 5 heteroatoms. The Morgan fingerprint density at radius 1 is 1.14 bits per heavy atom. The number of nitrogens with two attached hydrogens (primary N) is 1. The minimum absolute atomic E-state index is 0.759. The molecule has 0 unspecified atom stereocenters. The minimum atomic E-state index is 0.759. The fraction of sp³-hybridized carbons (Fsp3) is 0.188. The predicted molar refractivity (Wildman–Crippen MR) is 91.8 cm³/mol. The lowest BCUT2D eigenvalue weighted by Crippen LogP contribution is -1.92. The van der Waals surface area contributed by atoms with Crippen LogP contribution in [0.15, 0.2) is 42.5 Å². The Labute approximate surface area is 132 Å². The topological polar surface area (TPSA) is 54.7 Å². The molecule has 3 N–H and O–H groups in total. The van der Waals surface area contributed by atoms with E-state index in [4.69, 9.17) is 17.3 Å². The van der Waals surface area contributed by atoms with Gasteiger partial charge in [0.15, 0.2) is 0 Å². The normalized spacial score (nSPS) is 11.1. The van der Waals surface area contributed by atoms with Crippen molar-refractivity contribution >= 4 is 40.1 Å².